The highest BCUT2D eigenvalue weighted by molar-refractivity contribution is 9.10. The molecule has 0 aliphatic carbocycles. The molecule has 0 saturated heterocycles. The third-order valence-corrected chi connectivity index (χ3v) is 6.37. The average molecular weight is 464 g/mol. The maximum atomic E-state index is 6.24. The third kappa shape index (κ3) is 2.93. The van der Waals surface area contributed by atoms with Gasteiger partial charge in [-0.1, -0.05) is 78.9 Å². The van der Waals surface area contributed by atoms with Gasteiger partial charge in [0.25, 0.3) is 0 Å². The Morgan fingerprint density at radius 2 is 1.26 bits per heavy atom. The van der Waals surface area contributed by atoms with Crippen LogP contribution >= 0.6 is 15.9 Å². The average Bonchev–Trinajstić information content (AvgIpc) is 2.83. The molecule has 0 aromatic heterocycles. The summed E-state index contributed by atoms with van der Waals surface area (Å²) in [6.07, 6.45) is 0. The number of nitrogens with zero attached hydrogens (tertiary/aromatic N) is 1. The first kappa shape index (κ1) is 18.2. The number of anilines is 3. The highest BCUT2D eigenvalue weighted by atomic mass is 79.9. The zero-order valence-corrected chi connectivity index (χ0v) is 18.2. The van der Waals surface area contributed by atoms with Gasteiger partial charge in [-0.05, 0) is 62.8 Å². The van der Waals surface area contributed by atoms with Crippen LogP contribution in [0, 0.1) is 0 Å². The van der Waals surface area contributed by atoms with E-state index >= 15 is 0 Å². The van der Waals surface area contributed by atoms with Gasteiger partial charge in [0.15, 0.2) is 11.5 Å². The smallest absolute Gasteiger partial charge is 0.152 e. The van der Waals surface area contributed by atoms with Gasteiger partial charge in [-0.15, -0.1) is 0 Å². The monoisotopic (exact) mass is 463 g/mol. The fraction of sp³-hybridized carbons (Fsp3) is 0. The van der Waals surface area contributed by atoms with Crippen molar-refractivity contribution < 1.29 is 4.74 Å². The van der Waals surface area contributed by atoms with E-state index in [0.29, 0.717) is 0 Å². The summed E-state index contributed by atoms with van der Waals surface area (Å²) in [4.78, 5) is 2.30. The molecule has 5 aromatic carbocycles. The second-order valence-corrected chi connectivity index (χ2v) is 8.39. The summed E-state index contributed by atoms with van der Waals surface area (Å²) in [5.74, 6) is 1.69. The van der Waals surface area contributed by atoms with Gasteiger partial charge < -0.3 is 9.64 Å². The second kappa shape index (κ2) is 7.29. The van der Waals surface area contributed by atoms with E-state index in [1.807, 2.05) is 24.3 Å². The highest BCUT2D eigenvalue weighted by Crippen LogP contribution is 2.54. The zero-order chi connectivity index (χ0) is 20.8. The number of para-hydroxylation sites is 3. The fourth-order valence-corrected chi connectivity index (χ4v) is 4.89. The second-order valence-electron chi connectivity index (χ2n) is 7.54. The van der Waals surface area contributed by atoms with Crippen LogP contribution in [0.2, 0.25) is 0 Å². The van der Waals surface area contributed by atoms with Crippen molar-refractivity contribution in [3.8, 4) is 22.6 Å². The Kier molecular flexibility index (Phi) is 4.29. The SMILES string of the molecule is Brc1cccc2c1N(c1ccc(-c3ccccc3)c3ccccc13)c1ccccc1O2. The molecule has 6 rings (SSSR count). The van der Waals surface area contributed by atoms with Crippen LogP contribution in [0.3, 0.4) is 0 Å². The molecule has 0 unspecified atom stereocenters. The summed E-state index contributed by atoms with van der Waals surface area (Å²) in [7, 11) is 0. The Hall–Kier alpha value is -3.56. The Morgan fingerprint density at radius 3 is 2.13 bits per heavy atom. The van der Waals surface area contributed by atoms with E-state index in [2.05, 4.69) is 106 Å². The van der Waals surface area contributed by atoms with Gasteiger partial charge >= 0.3 is 0 Å². The summed E-state index contributed by atoms with van der Waals surface area (Å²) in [5.41, 5.74) is 5.61. The van der Waals surface area contributed by atoms with E-state index < -0.39 is 0 Å². The molecule has 2 nitrogen and oxygen atoms in total. The lowest BCUT2D eigenvalue weighted by molar-refractivity contribution is 0.476. The Labute approximate surface area is 189 Å². The fourth-order valence-electron chi connectivity index (χ4n) is 4.36. The van der Waals surface area contributed by atoms with Crippen molar-refractivity contribution in [3.63, 3.8) is 0 Å². The Morgan fingerprint density at radius 1 is 0.548 bits per heavy atom. The quantitative estimate of drug-likeness (QED) is 0.254. The lowest BCUT2D eigenvalue weighted by Crippen LogP contribution is -2.16. The van der Waals surface area contributed by atoms with Gasteiger partial charge in [-0.25, -0.2) is 0 Å². The molecule has 0 radical (unpaired) electrons. The van der Waals surface area contributed by atoms with Crippen molar-refractivity contribution in [2.75, 3.05) is 4.90 Å². The summed E-state index contributed by atoms with van der Waals surface area (Å²) in [6.45, 7) is 0. The van der Waals surface area contributed by atoms with Crippen LogP contribution in [-0.2, 0) is 0 Å². The topological polar surface area (TPSA) is 12.5 Å². The van der Waals surface area contributed by atoms with E-state index in [0.717, 1.165) is 33.0 Å². The summed E-state index contributed by atoms with van der Waals surface area (Å²) < 4.78 is 7.24. The van der Waals surface area contributed by atoms with Crippen LogP contribution in [-0.4, -0.2) is 0 Å². The summed E-state index contributed by atoms with van der Waals surface area (Å²) in [6, 6.07) is 37.9. The highest BCUT2D eigenvalue weighted by Gasteiger charge is 2.28. The van der Waals surface area contributed by atoms with Gasteiger partial charge in [0, 0.05) is 9.86 Å². The van der Waals surface area contributed by atoms with E-state index in [4.69, 9.17) is 4.74 Å². The molecule has 0 saturated carbocycles. The number of rotatable bonds is 2. The van der Waals surface area contributed by atoms with Crippen LogP contribution in [0.4, 0.5) is 17.1 Å². The lowest BCUT2D eigenvalue weighted by atomic mass is 9.96. The molecule has 31 heavy (non-hydrogen) atoms. The molecule has 0 atom stereocenters. The molecule has 148 valence electrons. The maximum absolute atomic E-state index is 6.24. The predicted octanol–water partition coefficient (Wildman–Crippen LogP) is 8.84. The van der Waals surface area contributed by atoms with E-state index in [9.17, 15) is 0 Å². The van der Waals surface area contributed by atoms with E-state index in [1.165, 1.54) is 21.9 Å². The van der Waals surface area contributed by atoms with Crippen LogP contribution in [0.5, 0.6) is 11.5 Å². The van der Waals surface area contributed by atoms with Crippen molar-refractivity contribution in [2.45, 2.75) is 0 Å². The molecule has 5 aromatic rings. The minimum Gasteiger partial charge on any atom is -0.453 e. The summed E-state index contributed by atoms with van der Waals surface area (Å²) >= 11 is 3.77. The molecule has 0 N–H and O–H groups in total. The Balaban J connectivity index is 1.66. The molecule has 1 heterocycles. The van der Waals surface area contributed by atoms with Gasteiger partial charge in [0.1, 0.15) is 5.69 Å². The normalized spacial score (nSPS) is 12.2. The van der Waals surface area contributed by atoms with Crippen molar-refractivity contribution in [2.24, 2.45) is 0 Å². The summed E-state index contributed by atoms with van der Waals surface area (Å²) in [5, 5.41) is 2.42. The van der Waals surface area contributed by atoms with E-state index in [-0.39, 0.29) is 0 Å². The third-order valence-electron chi connectivity index (χ3n) is 5.73. The standard InChI is InChI=1S/C28H18BrNO/c29-23-13-8-16-27-28(23)30(25-14-6-7-15-26(25)31-27)24-18-17-20(19-9-2-1-3-10-19)21-11-4-5-12-22(21)24/h1-18H. The van der Waals surface area contributed by atoms with Crippen molar-refractivity contribution in [1.29, 1.82) is 0 Å². The molecule has 3 heteroatoms. The molecular formula is C28H18BrNO. The molecule has 0 fully saturated rings. The minimum absolute atomic E-state index is 0.837. The maximum Gasteiger partial charge on any atom is 0.152 e. The van der Waals surface area contributed by atoms with E-state index in [1.54, 1.807) is 0 Å². The largest absolute Gasteiger partial charge is 0.453 e. The Bertz CT molecular complexity index is 1430. The van der Waals surface area contributed by atoms with Crippen molar-refractivity contribution >= 4 is 43.8 Å². The first-order chi connectivity index (χ1) is 15.3. The van der Waals surface area contributed by atoms with Crippen molar-refractivity contribution in [3.05, 3.63) is 114 Å². The number of halogens is 1. The van der Waals surface area contributed by atoms with Gasteiger partial charge in [0.2, 0.25) is 0 Å². The molecule has 0 spiro atoms. The molecular weight excluding hydrogens is 446 g/mol. The number of hydrogen-bond donors (Lipinski definition) is 0. The van der Waals surface area contributed by atoms with Gasteiger partial charge in [-0.3, -0.25) is 0 Å². The van der Waals surface area contributed by atoms with Gasteiger partial charge in [0.05, 0.1) is 11.4 Å². The van der Waals surface area contributed by atoms with Gasteiger partial charge in [-0.2, -0.15) is 0 Å². The minimum atomic E-state index is 0.837. The van der Waals surface area contributed by atoms with Crippen LogP contribution in [0.25, 0.3) is 21.9 Å². The number of hydrogen-bond acceptors (Lipinski definition) is 2. The van der Waals surface area contributed by atoms with Crippen LogP contribution in [0.1, 0.15) is 0 Å². The first-order valence-electron chi connectivity index (χ1n) is 10.2. The number of benzene rings is 5. The molecule has 1 aliphatic heterocycles. The first-order valence-corrected chi connectivity index (χ1v) is 11.0. The number of ether oxygens (including phenoxy) is 1. The van der Waals surface area contributed by atoms with Crippen LogP contribution in [0.15, 0.2) is 114 Å². The molecule has 0 amide bonds. The molecule has 0 bridgehead atoms. The predicted molar refractivity (Wildman–Crippen MR) is 132 cm³/mol. The molecule has 1 aliphatic rings. The van der Waals surface area contributed by atoms with Crippen molar-refractivity contribution in [1.82, 2.24) is 0 Å². The zero-order valence-electron chi connectivity index (χ0n) is 16.6. The lowest BCUT2D eigenvalue weighted by Gasteiger charge is -2.34. The van der Waals surface area contributed by atoms with Crippen LogP contribution < -0.4 is 9.64 Å². The number of fused-ring (bicyclic) bond motifs is 3.